The van der Waals surface area contributed by atoms with E-state index in [1.165, 1.54) is 116 Å². The minimum Gasteiger partial charge on any atom is -0.394 e. The van der Waals surface area contributed by atoms with Gasteiger partial charge in [-0.1, -0.05) is 135 Å². The zero-order valence-electron chi connectivity index (χ0n) is 24.3. The molecule has 3 N–H and O–H groups in total. The second-order valence-corrected chi connectivity index (χ2v) is 10.9. The molecule has 4 nitrogen and oxygen atoms in total. The summed E-state index contributed by atoms with van der Waals surface area (Å²) in [6.45, 7) is 4.31. The summed E-state index contributed by atoms with van der Waals surface area (Å²) in [4.78, 5) is 12.2. The molecule has 0 aliphatic rings. The number of nitrogens with one attached hydrogen (secondary N) is 1. The average Bonchev–Trinajstić information content (AvgIpc) is 2.88. The Morgan fingerprint density at radius 3 is 1.56 bits per heavy atom. The maximum atomic E-state index is 12.2. The van der Waals surface area contributed by atoms with Crippen LogP contribution >= 0.6 is 0 Å². The van der Waals surface area contributed by atoms with Crippen LogP contribution in [-0.4, -0.2) is 34.9 Å². The third kappa shape index (κ3) is 24.8. The van der Waals surface area contributed by atoms with Gasteiger partial charge in [0.2, 0.25) is 5.91 Å². The van der Waals surface area contributed by atoms with Gasteiger partial charge in [0.15, 0.2) is 0 Å². The third-order valence-corrected chi connectivity index (χ3v) is 7.28. The van der Waals surface area contributed by atoms with Gasteiger partial charge in [-0.3, -0.25) is 4.79 Å². The van der Waals surface area contributed by atoms with Gasteiger partial charge in [-0.25, -0.2) is 0 Å². The molecular weight excluding hydrogens is 446 g/mol. The fourth-order valence-electron chi connectivity index (χ4n) is 4.76. The number of carbonyl (C=O) groups is 1. The van der Waals surface area contributed by atoms with Crippen LogP contribution in [0.15, 0.2) is 12.2 Å². The highest BCUT2D eigenvalue weighted by Crippen LogP contribution is 2.14. The van der Waals surface area contributed by atoms with E-state index in [2.05, 4.69) is 31.3 Å². The summed E-state index contributed by atoms with van der Waals surface area (Å²) in [6.07, 6.45) is 32.5. The highest BCUT2D eigenvalue weighted by molar-refractivity contribution is 5.76. The van der Waals surface area contributed by atoms with Crippen molar-refractivity contribution in [2.45, 2.75) is 180 Å². The number of amides is 1. The van der Waals surface area contributed by atoms with Crippen molar-refractivity contribution in [2.75, 3.05) is 6.61 Å². The minimum atomic E-state index is -0.655. The molecule has 1 amide bonds. The second kappa shape index (κ2) is 28.7. The Kier molecular flexibility index (Phi) is 28.0. The van der Waals surface area contributed by atoms with Crippen molar-refractivity contribution in [1.82, 2.24) is 5.32 Å². The summed E-state index contributed by atoms with van der Waals surface area (Å²) in [6, 6.07) is -0.533. The molecule has 0 aromatic rings. The lowest BCUT2D eigenvalue weighted by Crippen LogP contribution is -2.45. The number of aliphatic hydroxyl groups is 2. The van der Waals surface area contributed by atoms with E-state index >= 15 is 0 Å². The highest BCUT2D eigenvalue weighted by atomic mass is 16.3. The number of hydrogen-bond acceptors (Lipinski definition) is 3. The largest absolute Gasteiger partial charge is 0.394 e. The number of hydrogen-bond donors (Lipinski definition) is 3. The van der Waals surface area contributed by atoms with E-state index in [0.29, 0.717) is 12.8 Å². The molecule has 0 aliphatic heterocycles. The summed E-state index contributed by atoms with van der Waals surface area (Å²) in [5.74, 6) is -0.0435. The Bertz CT molecular complexity index is 480. The Hall–Kier alpha value is -0.870. The Balaban J connectivity index is 3.61. The van der Waals surface area contributed by atoms with E-state index in [9.17, 15) is 15.0 Å². The van der Waals surface area contributed by atoms with E-state index < -0.39 is 12.1 Å². The lowest BCUT2D eigenvalue weighted by atomic mass is 10.0. The Labute approximate surface area is 225 Å². The van der Waals surface area contributed by atoms with Crippen LogP contribution in [0.1, 0.15) is 168 Å². The molecule has 0 spiro atoms. The Morgan fingerprint density at radius 2 is 1.06 bits per heavy atom. The van der Waals surface area contributed by atoms with E-state index in [4.69, 9.17) is 0 Å². The number of unbranched alkanes of at least 4 members (excludes halogenated alkanes) is 19. The fourth-order valence-corrected chi connectivity index (χ4v) is 4.76. The maximum Gasteiger partial charge on any atom is 0.220 e. The molecule has 0 heterocycles. The normalized spacial score (nSPS) is 13.3. The fraction of sp³-hybridized carbons (Fsp3) is 0.906. The second-order valence-electron chi connectivity index (χ2n) is 10.9. The number of aliphatic hydroxyl groups excluding tert-OH is 2. The lowest BCUT2D eigenvalue weighted by molar-refractivity contribution is -0.123. The van der Waals surface area contributed by atoms with Crippen molar-refractivity contribution in [1.29, 1.82) is 0 Å². The van der Waals surface area contributed by atoms with Crippen LogP contribution in [0.2, 0.25) is 0 Å². The molecule has 214 valence electrons. The molecular formula is C32H63NO3. The molecule has 0 rings (SSSR count). The van der Waals surface area contributed by atoms with Gasteiger partial charge in [-0.2, -0.15) is 0 Å². The molecule has 0 radical (unpaired) electrons. The summed E-state index contributed by atoms with van der Waals surface area (Å²) < 4.78 is 0. The first-order valence-corrected chi connectivity index (χ1v) is 15.9. The van der Waals surface area contributed by atoms with Crippen LogP contribution in [-0.2, 0) is 4.79 Å². The maximum absolute atomic E-state index is 12.2. The van der Waals surface area contributed by atoms with Crippen LogP contribution in [0.25, 0.3) is 0 Å². The predicted octanol–water partition coefficient (Wildman–Crippen LogP) is 8.78. The topological polar surface area (TPSA) is 69.6 Å². The van der Waals surface area contributed by atoms with Crippen LogP contribution in [0.5, 0.6) is 0 Å². The highest BCUT2D eigenvalue weighted by Gasteiger charge is 2.19. The van der Waals surface area contributed by atoms with Crippen molar-refractivity contribution >= 4 is 5.91 Å². The van der Waals surface area contributed by atoms with Crippen molar-refractivity contribution in [3.63, 3.8) is 0 Å². The van der Waals surface area contributed by atoms with E-state index in [-0.39, 0.29) is 12.5 Å². The molecule has 0 unspecified atom stereocenters. The first kappa shape index (κ1) is 35.1. The Morgan fingerprint density at radius 1 is 0.639 bits per heavy atom. The van der Waals surface area contributed by atoms with Gasteiger partial charge in [-0.05, 0) is 38.5 Å². The summed E-state index contributed by atoms with van der Waals surface area (Å²) in [5.41, 5.74) is 0. The van der Waals surface area contributed by atoms with E-state index in [0.717, 1.165) is 25.7 Å². The molecule has 0 aliphatic carbocycles. The van der Waals surface area contributed by atoms with E-state index in [1.54, 1.807) is 0 Å². The van der Waals surface area contributed by atoms with Gasteiger partial charge in [0.25, 0.3) is 0 Å². The van der Waals surface area contributed by atoms with Gasteiger partial charge in [0.05, 0.1) is 18.8 Å². The number of allylic oxidation sites excluding steroid dienone is 2. The summed E-state index contributed by atoms with van der Waals surface area (Å²) in [5, 5.41) is 22.9. The zero-order valence-corrected chi connectivity index (χ0v) is 24.3. The van der Waals surface area contributed by atoms with Gasteiger partial charge < -0.3 is 15.5 Å². The average molecular weight is 510 g/mol. The monoisotopic (exact) mass is 509 g/mol. The van der Waals surface area contributed by atoms with Gasteiger partial charge >= 0.3 is 0 Å². The van der Waals surface area contributed by atoms with Crippen molar-refractivity contribution < 1.29 is 15.0 Å². The van der Waals surface area contributed by atoms with Crippen molar-refractivity contribution in [3.8, 4) is 0 Å². The minimum absolute atomic E-state index is 0.0435. The third-order valence-electron chi connectivity index (χ3n) is 7.28. The first-order valence-electron chi connectivity index (χ1n) is 15.9. The van der Waals surface area contributed by atoms with Gasteiger partial charge in [0.1, 0.15) is 0 Å². The SMILES string of the molecule is CCCCCC/C=C/CCCCCCCC(=O)N[C@@H](CO)[C@H](O)CCCCCCCCCCCCC. The molecule has 36 heavy (non-hydrogen) atoms. The van der Waals surface area contributed by atoms with Gasteiger partial charge in [0, 0.05) is 6.42 Å². The predicted molar refractivity (Wildman–Crippen MR) is 156 cm³/mol. The number of rotatable bonds is 28. The summed E-state index contributed by atoms with van der Waals surface area (Å²) in [7, 11) is 0. The lowest BCUT2D eigenvalue weighted by Gasteiger charge is -2.22. The smallest absolute Gasteiger partial charge is 0.220 e. The molecule has 0 aromatic carbocycles. The molecule has 0 saturated carbocycles. The molecule has 4 heteroatoms. The molecule has 0 bridgehead atoms. The molecule has 0 aromatic heterocycles. The molecule has 2 atom stereocenters. The van der Waals surface area contributed by atoms with Crippen LogP contribution in [0, 0.1) is 0 Å². The zero-order chi connectivity index (χ0) is 26.5. The quantitative estimate of drug-likeness (QED) is 0.0729. The van der Waals surface area contributed by atoms with Crippen LogP contribution in [0.3, 0.4) is 0 Å². The van der Waals surface area contributed by atoms with Crippen molar-refractivity contribution in [2.24, 2.45) is 0 Å². The molecule has 0 fully saturated rings. The van der Waals surface area contributed by atoms with Gasteiger partial charge in [-0.15, -0.1) is 0 Å². The van der Waals surface area contributed by atoms with Crippen molar-refractivity contribution in [3.05, 3.63) is 12.2 Å². The first-order chi connectivity index (χ1) is 17.7. The number of carbonyl (C=O) groups excluding carboxylic acids is 1. The van der Waals surface area contributed by atoms with Crippen LogP contribution < -0.4 is 5.32 Å². The molecule has 0 saturated heterocycles. The van der Waals surface area contributed by atoms with E-state index in [1.807, 2.05) is 0 Å². The summed E-state index contributed by atoms with van der Waals surface area (Å²) >= 11 is 0. The standard InChI is InChI=1S/C32H63NO3/c1-3-5-7-9-11-13-15-16-18-20-22-24-26-28-32(36)33-30(29-34)31(35)27-25-23-21-19-17-14-12-10-8-6-4-2/h13,15,30-31,34-35H,3-12,14,16-29H2,1-2H3,(H,33,36)/b15-13+/t30-,31+/m0/s1. The van der Waals surface area contributed by atoms with Crippen LogP contribution in [0.4, 0.5) is 0 Å².